The number of nitrogens with zero attached hydrogens (tertiary/aromatic N) is 3. The highest BCUT2D eigenvalue weighted by Crippen LogP contribution is 2.26. The Morgan fingerprint density at radius 2 is 1.81 bits per heavy atom. The van der Waals surface area contributed by atoms with Crippen molar-refractivity contribution < 1.29 is 14.2 Å². The van der Waals surface area contributed by atoms with Crippen molar-refractivity contribution in [1.29, 1.82) is 0 Å². The first kappa shape index (κ1) is 21.1. The molecule has 6 nitrogen and oxygen atoms in total. The number of ether oxygens (including phenoxy) is 1. The Labute approximate surface area is 175 Å². The van der Waals surface area contributed by atoms with Gasteiger partial charge >= 0.3 is 0 Å². The van der Waals surface area contributed by atoms with Crippen molar-refractivity contribution in [3.8, 4) is 11.5 Å². The van der Waals surface area contributed by atoms with Gasteiger partial charge in [-0.15, -0.1) is 24.0 Å². The number of nitrogens with two attached hydrogens (primary N) is 1. The minimum absolute atomic E-state index is 0. The van der Waals surface area contributed by atoms with Gasteiger partial charge in [-0.3, -0.25) is 0 Å². The van der Waals surface area contributed by atoms with E-state index in [4.69, 9.17) is 10.5 Å². The highest BCUT2D eigenvalue weighted by Gasteiger charge is 2.18. The number of halogens is 2. The van der Waals surface area contributed by atoms with Crippen LogP contribution in [0.25, 0.3) is 0 Å². The molecule has 1 heterocycles. The van der Waals surface area contributed by atoms with Crippen LogP contribution in [0.4, 0.5) is 10.1 Å². The number of benzene rings is 2. The van der Waals surface area contributed by atoms with Crippen LogP contribution in [-0.2, 0) is 6.54 Å². The second kappa shape index (κ2) is 9.63. The van der Waals surface area contributed by atoms with Crippen LogP contribution in [0.15, 0.2) is 47.5 Å². The zero-order valence-corrected chi connectivity index (χ0v) is 17.5. The van der Waals surface area contributed by atoms with Crippen molar-refractivity contribution >= 4 is 35.6 Å². The maximum atomic E-state index is 13.0. The molecule has 1 fully saturated rings. The van der Waals surface area contributed by atoms with E-state index in [-0.39, 0.29) is 35.5 Å². The number of methoxy groups -OCH3 is 1. The third kappa shape index (κ3) is 5.38. The SMILES string of the molecule is COc1ccc(CN=C(N)N2CCN(c3ccc(F)cc3)CC2)cc1O.I. The Bertz CT molecular complexity index is 778. The second-order valence-corrected chi connectivity index (χ2v) is 6.13. The number of aromatic hydroxyl groups is 1. The maximum absolute atomic E-state index is 13.0. The van der Waals surface area contributed by atoms with Gasteiger partial charge in [0.15, 0.2) is 17.5 Å². The van der Waals surface area contributed by atoms with Gasteiger partial charge in [-0.05, 0) is 42.0 Å². The number of guanidine groups is 1. The van der Waals surface area contributed by atoms with Crippen molar-refractivity contribution in [1.82, 2.24) is 4.90 Å². The summed E-state index contributed by atoms with van der Waals surface area (Å²) in [6, 6.07) is 11.7. The number of phenolic OH excluding ortho intramolecular Hbond substituents is 1. The van der Waals surface area contributed by atoms with Crippen molar-refractivity contribution in [3.05, 3.63) is 53.8 Å². The van der Waals surface area contributed by atoms with E-state index in [1.165, 1.54) is 19.2 Å². The van der Waals surface area contributed by atoms with Gasteiger partial charge in [0, 0.05) is 31.9 Å². The minimum Gasteiger partial charge on any atom is -0.504 e. The summed E-state index contributed by atoms with van der Waals surface area (Å²) in [5.74, 6) is 0.779. The Kier molecular flexibility index (Phi) is 7.52. The van der Waals surface area contributed by atoms with Crippen LogP contribution in [-0.4, -0.2) is 49.3 Å². The lowest BCUT2D eigenvalue weighted by Crippen LogP contribution is -2.51. The maximum Gasteiger partial charge on any atom is 0.191 e. The lowest BCUT2D eigenvalue weighted by atomic mass is 10.2. The van der Waals surface area contributed by atoms with Crippen molar-refractivity contribution in [2.24, 2.45) is 10.7 Å². The lowest BCUT2D eigenvalue weighted by Gasteiger charge is -2.36. The standard InChI is InChI=1S/C19H23FN4O2.HI/c1-26-18-7-2-14(12-17(18)25)13-22-19(21)24-10-8-23(9-11-24)16-5-3-15(20)4-6-16;/h2-7,12,25H,8-11,13H2,1H3,(H2,21,22);1H. The van der Waals surface area contributed by atoms with Crippen LogP contribution < -0.4 is 15.4 Å². The molecule has 0 saturated carbocycles. The topological polar surface area (TPSA) is 74.3 Å². The van der Waals surface area contributed by atoms with Gasteiger partial charge < -0.3 is 25.4 Å². The fourth-order valence-corrected chi connectivity index (χ4v) is 2.95. The molecular formula is C19H24FIN4O2. The fourth-order valence-electron chi connectivity index (χ4n) is 2.95. The molecule has 1 aliphatic rings. The van der Waals surface area contributed by atoms with Crippen molar-refractivity contribution in [2.75, 3.05) is 38.2 Å². The number of anilines is 1. The molecule has 0 aromatic heterocycles. The summed E-state index contributed by atoms with van der Waals surface area (Å²) >= 11 is 0. The fraction of sp³-hybridized carbons (Fsp3) is 0.316. The van der Waals surface area contributed by atoms with E-state index in [1.807, 2.05) is 11.0 Å². The highest BCUT2D eigenvalue weighted by atomic mass is 127. The summed E-state index contributed by atoms with van der Waals surface area (Å²) in [6.45, 7) is 3.49. The smallest absolute Gasteiger partial charge is 0.191 e. The molecule has 3 N–H and O–H groups in total. The molecule has 8 heteroatoms. The molecule has 27 heavy (non-hydrogen) atoms. The first-order valence-corrected chi connectivity index (χ1v) is 8.48. The van der Waals surface area contributed by atoms with E-state index in [2.05, 4.69) is 9.89 Å². The molecule has 2 aromatic carbocycles. The molecule has 1 saturated heterocycles. The van der Waals surface area contributed by atoms with Gasteiger partial charge in [0.2, 0.25) is 0 Å². The third-order valence-electron chi connectivity index (χ3n) is 4.46. The summed E-state index contributed by atoms with van der Waals surface area (Å²) in [4.78, 5) is 8.65. The third-order valence-corrected chi connectivity index (χ3v) is 4.46. The van der Waals surface area contributed by atoms with Crippen molar-refractivity contribution in [3.63, 3.8) is 0 Å². The average molecular weight is 486 g/mol. The summed E-state index contributed by atoms with van der Waals surface area (Å²) in [6.07, 6.45) is 0. The first-order valence-electron chi connectivity index (χ1n) is 8.48. The number of rotatable bonds is 4. The normalized spacial score (nSPS) is 14.7. The van der Waals surface area contributed by atoms with Crippen LogP contribution in [0.1, 0.15) is 5.56 Å². The van der Waals surface area contributed by atoms with Gasteiger partial charge in [-0.1, -0.05) is 6.07 Å². The summed E-state index contributed by atoms with van der Waals surface area (Å²) in [5.41, 5.74) is 7.98. The zero-order chi connectivity index (χ0) is 18.5. The molecule has 0 atom stereocenters. The number of phenols is 1. The zero-order valence-electron chi connectivity index (χ0n) is 15.1. The Morgan fingerprint density at radius 1 is 1.15 bits per heavy atom. The molecule has 146 valence electrons. The second-order valence-electron chi connectivity index (χ2n) is 6.13. The predicted molar refractivity (Wildman–Crippen MR) is 116 cm³/mol. The van der Waals surface area contributed by atoms with Crippen molar-refractivity contribution in [2.45, 2.75) is 6.54 Å². The number of hydrogen-bond acceptors (Lipinski definition) is 4. The van der Waals surface area contributed by atoms with Crippen LogP contribution >= 0.6 is 24.0 Å². The molecule has 0 bridgehead atoms. The van der Waals surface area contributed by atoms with E-state index in [9.17, 15) is 9.50 Å². The van der Waals surface area contributed by atoms with E-state index < -0.39 is 0 Å². The van der Waals surface area contributed by atoms with E-state index in [0.717, 1.165) is 37.4 Å². The van der Waals surface area contributed by atoms with Gasteiger partial charge in [0.25, 0.3) is 0 Å². The van der Waals surface area contributed by atoms with Crippen LogP contribution in [0, 0.1) is 5.82 Å². The molecule has 3 rings (SSSR count). The minimum atomic E-state index is -0.228. The van der Waals surface area contributed by atoms with E-state index in [1.54, 1.807) is 24.3 Å². The van der Waals surface area contributed by atoms with Crippen LogP contribution in [0.2, 0.25) is 0 Å². The Hall–Kier alpha value is -2.23. The number of aliphatic imine (C=N–C) groups is 1. The molecular weight excluding hydrogens is 462 g/mol. The van der Waals surface area contributed by atoms with Crippen LogP contribution in [0.3, 0.4) is 0 Å². The molecule has 0 radical (unpaired) electrons. The predicted octanol–water partition coefficient (Wildman–Crippen LogP) is 2.79. The monoisotopic (exact) mass is 486 g/mol. The molecule has 0 unspecified atom stereocenters. The largest absolute Gasteiger partial charge is 0.504 e. The molecule has 1 aliphatic heterocycles. The van der Waals surface area contributed by atoms with E-state index in [0.29, 0.717) is 18.3 Å². The number of hydrogen-bond donors (Lipinski definition) is 2. The molecule has 0 spiro atoms. The summed E-state index contributed by atoms with van der Waals surface area (Å²) in [7, 11) is 1.51. The lowest BCUT2D eigenvalue weighted by molar-refractivity contribution is 0.373. The summed E-state index contributed by atoms with van der Waals surface area (Å²) < 4.78 is 18.1. The van der Waals surface area contributed by atoms with Gasteiger partial charge in [0.1, 0.15) is 5.82 Å². The molecule has 2 aromatic rings. The average Bonchev–Trinajstić information content (AvgIpc) is 2.67. The summed E-state index contributed by atoms with van der Waals surface area (Å²) in [5, 5.41) is 9.82. The van der Waals surface area contributed by atoms with Gasteiger partial charge in [-0.25, -0.2) is 9.38 Å². The van der Waals surface area contributed by atoms with Gasteiger partial charge in [-0.2, -0.15) is 0 Å². The molecule has 0 amide bonds. The first-order chi connectivity index (χ1) is 12.6. The van der Waals surface area contributed by atoms with Crippen LogP contribution in [0.5, 0.6) is 11.5 Å². The van der Waals surface area contributed by atoms with Gasteiger partial charge in [0.05, 0.1) is 13.7 Å². The molecule has 0 aliphatic carbocycles. The van der Waals surface area contributed by atoms with E-state index >= 15 is 0 Å². The Morgan fingerprint density at radius 3 is 2.41 bits per heavy atom. The number of piperazine rings is 1. The highest BCUT2D eigenvalue weighted by molar-refractivity contribution is 14.0. The Balaban J connectivity index is 0.00000261. The quantitative estimate of drug-likeness (QED) is 0.395.